The molecule has 0 saturated heterocycles. The van der Waals surface area contributed by atoms with Gasteiger partial charge in [0.15, 0.2) is 0 Å². The van der Waals surface area contributed by atoms with Gasteiger partial charge in [-0.05, 0) is 29.5 Å². The van der Waals surface area contributed by atoms with Crippen molar-refractivity contribution < 1.29 is 9.69 Å². The highest BCUT2D eigenvalue weighted by Gasteiger charge is 2.07. The van der Waals surface area contributed by atoms with E-state index in [1.54, 1.807) is 0 Å². The van der Waals surface area contributed by atoms with Crippen molar-refractivity contribution in [1.29, 1.82) is 0 Å². The lowest BCUT2D eigenvalue weighted by Crippen LogP contribution is -3.04. The standard InChI is InChI=1S/C21H28N2O/c1-4-17-9-11-18(12-10-17)13-14-21(24)22-15-19-7-5-6-8-20(19)16-23(2)3/h5-12H,4,13-16H2,1-3H3,(H,22,24)/p+1. The molecule has 3 heteroatoms. The van der Waals surface area contributed by atoms with Gasteiger partial charge in [-0.25, -0.2) is 0 Å². The van der Waals surface area contributed by atoms with Crippen LogP contribution in [-0.2, 0) is 30.7 Å². The maximum absolute atomic E-state index is 12.1. The fraction of sp³-hybridized carbons (Fsp3) is 0.381. The minimum absolute atomic E-state index is 0.113. The Morgan fingerprint density at radius 2 is 1.58 bits per heavy atom. The predicted molar refractivity (Wildman–Crippen MR) is 98.9 cm³/mol. The quantitative estimate of drug-likeness (QED) is 0.766. The molecule has 128 valence electrons. The number of amides is 1. The fourth-order valence-corrected chi connectivity index (χ4v) is 2.77. The second-order valence-corrected chi connectivity index (χ2v) is 6.60. The van der Waals surface area contributed by atoms with Gasteiger partial charge < -0.3 is 10.2 Å². The van der Waals surface area contributed by atoms with Crippen molar-refractivity contribution in [3.05, 3.63) is 70.8 Å². The Morgan fingerprint density at radius 3 is 2.21 bits per heavy atom. The van der Waals surface area contributed by atoms with Crippen LogP contribution in [0.25, 0.3) is 0 Å². The van der Waals surface area contributed by atoms with E-state index in [4.69, 9.17) is 0 Å². The first kappa shape index (κ1) is 18.2. The van der Waals surface area contributed by atoms with Gasteiger partial charge in [-0.3, -0.25) is 4.79 Å². The Morgan fingerprint density at radius 1 is 0.958 bits per heavy atom. The molecule has 0 saturated carbocycles. The van der Waals surface area contributed by atoms with Gasteiger partial charge in [-0.2, -0.15) is 0 Å². The number of benzene rings is 2. The Kier molecular flexibility index (Phi) is 7.01. The molecule has 0 spiro atoms. The topological polar surface area (TPSA) is 33.5 Å². The summed E-state index contributed by atoms with van der Waals surface area (Å²) in [4.78, 5) is 13.5. The third-order valence-corrected chi connectivity index (χ3v) is 4.21. The van der Waals surface area contributed by atoms with E-state index < -0.39 is 0 Å². The maximum Gasteiger partial charge on any atom is 0.220 e. The highest BCUT2D eigenvalue weighted by atomic mass is 16.1. The molecule has 2 rings (SSSR count). The molecular formula is C21H29N2O+. The zero-order valence-electron chi connectivity index (χ0n) is 15.1. The van der Waals surface area contributed by atoms with Gasteiger partial charge in [-0.1, -0.05) is 55.5 Å². The van der Waals surface area contributed by atoms with Gasteiger partial charge in [0.05, 0.1) is 14.1 Å². The van der Waals surface area contributed by atoms with Crippen LogP contribution in [0.15, 0.2) is 48.5 Å². The number of carbonyl (C=O) groups is 1. The van der Waals surface area contributed by atoms with Crippen LogP contribution in [0.1, 0.15) is 35.6 Å². The van der Waals surface area contributed by atoms with Crippen LogP contribution in [0.4, 0.5) is 0 Å². The van der Waals surface area contributed by atoms with E-state index in [-0.39, 0.29) is 5.91 Å². The fourth-order valence-electron chi connectivity index (χ4n) is 2.77. The highest BCUT2D eigenvalue weighted by Crippen LogP contribution is 2.09. The first-order valence-corrected chi connectivity index (χ1v) is 8.78. The van der Waals surface area contributed by atoms with Crippen molar-refractivity contribution in [3.8, 4) is 0 Å². The number of hydrogen-bond donors (Lipinski definition) is 2. The smallest absolute Gasteiger partial charge is 0.220 e. The molecule has 2 aromatic rings. The van der Waals surface area contributed by atoms with Crippen molar-refractivity contribution >= 4 is 5.91 Å². The minimum Gasteiger partial charge on any atom is -0.352 e. The molecule has 24 heavy (non-hydrogen) atoms. The van der Waals surface area contributed by atoms with E-state index in [0.29, 0.717) is 13.0 Å². The number of rotatable bonds is 8. The molecule has 0 heterocycles. The first-order chi connectivity index (χ1) is 11.6. The van der Waals surface area contributed by atoms with Gasteiger partial charge in [-0.15, -0.1) is 0 Å². The number of aryl methyl sites for hydroxylation is 2. The van der Waals surface area contributed by atoms with Crippen LogP contribution in [-0.4, -0.2) is 20.0 Å². The second-order valence-electron chi connectivity index (χ2n) is 6.60. The van der Waals surface area contributed by atoms with E-state index in [9.17, 15) is 4.79 Å². The maximum atomic E-state index is 12.1. The predicted octanol–water partition coefficient (Wildman–Crippen LogP) is 2.14. The summed E-state index contributed by atoms with van der Waals surface area (Å²) in [5, 5.41) is 3.06. The van der Waals surface area contributed by atoms with Crippen molar-refractivity contribution in [1.82, 2.24) is 5.32 Å². The Hall–Kier alpha value is -2.13. The van der Waals surface area contributed by atoms with Crippen LogP contribution in [0.3, 0.4) is 0 Å². The van der Waals surface area contributed by atoms with Crippen LogP contribution in [0.5, 0.6) is 0 Å². The van der Waals surface area contributed by atoms with E-state index >= 15 is 0 Å². The summed E-state index contributed by atoms with van der Waals surface area (Å²) in [6, 6.07) is 16.9. The molecule has 3 nitrogen and oxygen atoms in total. The first-order valence-electron chi connectivity index (χ1n) is 8.78. The summed E-state index contributed by atoms with van der Waals surface area (Å²) in [6.45, 7) is 3.73. The third-order valence-electron chi connectivity index (χ3n) is 4.21. The lowest BCUT2D eigenvalue weighted by Gasteiger charge is -2.13. The summed E-state index contributed by atoms with van der Waals surface area (Å²) in [7, 11) is 4.28. The SMILES string of the molecule is CCc1ccc(CCC(=O)NCc2ccccc2C[NH+](C)C)cc1. The van der Waals surface area contributed by atoms with E-state index in [2.05, 4.69) is 68.8 Å². The monoisotopic (exact) mass is 325 g/mol. The molecule has 0 radical (unpaired) electrons. The molecule has 0 fully saturated rings. The molecule has 1 amide bonds. The zero-order valence-corrected chi connectivity index (χ0v) is 15.1. The Bertz CT molecular complexity index is 647. The summed E-state index contributed by atoms with van der Waals surface area (Å²) in [5.41, 5.74) is 5.06. The molecule has 0 atom stereocenters. The largest absolute Gasteiger partial charge is 0.352 e. The van der Waals surface area contributed by atoms with Crippen LogP contribution >= 0.6 is 0 Å². The van der Waals surface area contributed by atoms with Crippen molar-refractivity contribution in [2.24, 2.45) is 0 Å². The van der Waals surface area contributed by atoms with Crippen molar-refractivity contribution in [2.75, 3.05) is 14.1 Å². The van der Waals surface area contributed by atoms with Crippen LogP contribution in [0.2, 0.25) is 0 Å². The van der Waals surface area contributed by atoms with Gasteiger partial charge in [0.2, 0.25) is 5.91 Å². The van der Waals surface area contributed by atoms with Crippen molar-refractivity contribution in [2.45, 2.75) is 39.3 Å². The average Bonchev–Trinajstić information content (AvgIpc) is 2.59. The molecule has 0 aliphatic heterocycles. The second kappa shape index (κ2) is 9.24. The number of carbonyl (C=O) groups excluding carboxylic acids is 1. The minimum atomic E-state index is 0.113. The molecule has 0 unspecified atom stereocenters. The highest BCUT2D eigenvalue weighted by molar-refractivity contribution is 5.76. The lowest BCUT2D eigenvalue weighted by molar-refractivity contribution is -0.872. The van der Waals surface area contributed by atoms with Crippen LogP contribution in [0, 0.1) is 0 Å². The average molecular weight is 325 g/mol. The summed E-state index contributed by atoms with van der Waals surface area (Å²) in [5.74, 6) is 0.113. The molecule has 0 aliphatic rings. The van der Waals surface area contributed by atoms with Gasteiger partial charge in [0.25, 0.3) is 0 Å². The summed E-state index contributed by atoms with van der Waals surface area (Å²) >= 11 is 0. The zero-order chi connectivity index (χ0) is 17.4. The molecule has 0 bridgehead atoms. The molecule has 2 aromatic carbocycles. The number of nitrogens with one attached hydrogen (secondary N) is 2. The normalized spacial score (nSPS) is 10.8. The number of quaternary nitrogens is 1. The van der Waals surface area contributed by atoms with E-state index in [1.807, 2.05) is 6.07 Å². The third kappa shape index (κ3) is 5.82. The molecular weight excluding hydrogens is 296 g/mol. The van der Waals surface area contributed by atoms with Gasteiger partial charge >= 0.3 is 0 Å². The van der Waals surface area contributed by atoms with Crippen LogP contribution < -0.4 is 10.2 Å². The molecule has 2 N–H and O–H groups in total. The molecule has 0 aromatic heterocycles. The van der Waals surface area contributed by atoms with Crippen molar-refractivity contribution in [3.63, 3.8) is 0 Å². The summed E-state index contributed by atoms with van der Waals surface area (Å²) in [6.07, 6.45) is 2.38. The summed E-state index contributed by atoms with van der Waals surface area (Å²) < 4.78 is 0. The Labute approximate surface area is 145 Å². The Balaban J connectivity index is 1.82. The lowest BCUT2D eigenvalue weighted by atomic mass is 10.1. The molecule has 0 aliphatic carbocycles. The van der Waals surface area contributed by atoms with E-state index in [1.165, 1.54) is 27.2 Å². The van der Waals surface area contributed by atoms with E-state index in [0.717, 1.165) is 19.4 Å². The van der Waals surface area contributed by atoms with Gasteiger partial charge in [0.1, 0.15) is 6.54 Å². The number of hydrogen-bond acceptors (Lipinski definition) is 1. The van der Waals surface area contributed by atoms with Gasteiger partial charge in [0, 0.05) is 18.5 Å².